The number of benzene rings is 2. The van der Waals surface area contributed by atoms with Gasteiger partial charge in [-0.25, -0.2) is 0 Å². The normalized spacial score (nSPS) is 10.5. The fourth-order valence-electron chi connectivity index (χ4n) is 2.72. The van der Waals surface area contributed by atoms with Gasteiger partial charge in [-0.15, -0.1) is 0 Å². The quantitative estimate of drug-likeness (QED) is 0.528. The molecule has 0 unspecified atom stereocenters. The van der Waals surface area contributed by atoms with Gasteiger partial charge < -0.3 is 15.2 Å². The minimum atomic E-state index is -0.443. The molecule has 0 saturated carbocycles. The molecule has 2 heterocycles. The van der Waals surface area contributed by atoms with Crippen LogP contribution in [-0.4, -0.2) is 26.8 Å². The molecule has 0 radical (unpaired) electrons. The zero-order valence-corrected chi connectivity index (χ0v) is 15.3. The van der Waals surface area contributed by atoms with Crippen LogP contribution in [0, 0.1) is 0 Å². The second-order valence-corrected chi connectivity index (χ2v) is 6.20. The van der Waals surface area contributed by atoms with E-state index in [1.165, 1.54) is 0 Å². The molecule has 2 amide bonds. The fraction of sp³-hybridized carbons (Fsp3) is 0.0476. The Bertz CT molecular complexity index is 1120. The van der Waals surface area contributed by atoms with E-state index in [-0.39, 0.29) is 11.6 Å². The Balaban J connectivity index is 1.46. The topological polar surface area (TPSA) is 102 Å². The molecular formula is C21H17N5O3. The van der Waals surface area contributed by atoms with Crippen molar-refractivity contribution in [2.24, 2.45) is 0 Å². The van der Waals surface area contributed by atoms with Crippen LogP contribution < -0.4 is 10.6 Å². The monoisotopic (exact) mass is 387 g/mol. The van der Waals surface area contributed by atoms with Crippen molar-refractivity contribution in [3.63, 3.8) is 0 Å². The molecule has 2 aromatic carbocycles. The van der Waals surface area contributed by atoms with Gasteiger partial charge in [0, 0.05) is 24.0 Å². The molecule has 0 bridgehead atoms. The number of nitrogens with one attached hydrogen (secondary N) is 2. The van der Waals surface area contributed by atoms with E-state index in [1.807, 2.05) is 6.07 Å². The molecule has 8 heteroatoms. The highest BCUT2D eigenvalue weighted by Crippen LogP contribution is 2.22. The van der Waals surface area contributed by atoms with Crippen LogP contribution >= 0.6 is 0 Å². The molecule has 144 valence electrons. The van der Waals surface area contributed by atoms with Crippen molar-refractivity contribution in [2.45, 2.75) is 6.54 Å². The van der Waals surface area contributed by atoms with Crippen molar-refractivity contribution in [1.82, 2.24) is 14.9 Å². The van der Waals surface area contributed by atoms with E-state index in [2.05, 4.69) is 20.9 Å². The number of carbonyl (C=O) groups is 2. The minimum absolute atomic E-state index is 0.136. The van der Waals surface area contributed by atoms with Crippen LogP contribution in [0.1, 0.15) is 26.6 Å². The Morgan fingerprint density at radius 3 is 2.28 bits per heavy atom. The van der Waals surface area contributed by atoms with E-state index < -0.39 is 5.91 Å². The highest BCUT2D eigenvalue weighted by molar-refractivity contribution is 6.09. The lowest BCUT2D eigenvalue weighted by Crippen LogP contribution is -2.17. The number of rotatable bonds is 6. The van der Waals surface area contributed by atoms with Crippen LogP contribution in [-0.2, 0) is 6.54 Å². The standard InChI is InChI=1S/C21H17N5O3/c27-20(15-7-2-1-3-8-15)23-17-9-4-5-10-18(17)24-21(28)19-13-16(29-25-19)14-26-12-6-11-22-26/h1-13H,14H2,(H,23,27)(H,24,28). The summed E-state index contributed by atoms with van der Waals surface area (Å²) < 4.78 is 6.87. The summed E-state index contributed by atoms with van der Waals surface area (Å²) in [5.41, 5.74) is 1.60. The number of aromatic nitrogens is 3. The molecule has 4 rings (SSSR count). The highest BCUT2D eigenvalue weighted by Gasteiger charge is 2.16. The summed E-state index contributed by atoms with van der Waals surface area (Å²) in [4.78, 5) is 25.0. The van der Waals surface area contributed by atoms with E-state index >= 15 is 0 Å². The van der Waals surface area contributed by atoms with Gasteiger partial charge >= 0.3 is 0 Å². The first-order valence-electron chi connectivity index (χ1n) is 8.89. The molecule has 0 aliphatic rings. The molecule has 0 spiro atoms. The number of carbonyl (C=O) groups excluding carboxylic acids is 2. The maximum absolute atomic E-state index is 12.6. The van der Waals surface area contributed by atoms with E-state index in [0.717, 1.165) is 0 Å². The maximum Gasteiger partial charge on any atom is 0.277 e. The number of hydrogen-bond donors (Lipinski definition) is 2. The SMILES string of the molecule is O=C(Nc1ccccc1NC(=O)c1cc(Cn2cccn2)on1)c1ccccc1. The average molecular weight is 387 g/mol. The van der Waals surface area contributed by atoms with E-state index in [4.69, 9.17) is 4.52 Å². The zero-order chi connectivity index (χ0) is 20.1. The summed E-state index contributed by atoms with van der Waals surface area (Å²) in [6.45, 7) is 0.372. The van der Waals surface area contributed by atoms with Gasteiger partial charge in [0.15, 0.2) is 11.5 Å². The van der Waals surface area contributed by atoms with Crippen molar-refractivity contribution >= 4 is 23.2 Å². The van der Waals surface area contributed by atoms with Gasteiger partial charge in [0.2, 0.25) is 0 Å². The van der Waals surface area contributed by atoms with Gasteiger partial charge in [-0.2, -0.15) is 5.10 Å². The Morgan fingerprint density at radius 2 is 1.59 bits per heavy atom. The van der Waals surface area contributed by atoms with Gasteiger partial charge in [0.05, 0.1) is 11.4 Å². The third-order valence-corrected chi connectivity index (χ3v) is 4.13. The molecule has 0 aliphatic carbocycles. The smallest absolute Gasteiger partial charge is 0.277 e. The Kier molecular flexibility index (Phi) is 5.15. The Hall–Kier alpha value is -4.20. The molecule has 29 heavy (non-hydrogen) atoms. The van der Waals surface area contributed by atoms with Crippen LogP contribution in [0.3, 0.4) is 0 Å². The third kappa shape index (κ3) is 4.38. The van der Waals surface area contributed by atoms with Crippen LogP contribution in [0.5, 0.6) is 0 Å². The van der Waals surface area contributed by atoms with Crippen molar-refractivity contribution in [2.75, 3.05) is 10.6 Å². The molecule has 0 fully saturated rings. The lowest BCUT2D eigenvalue weighted by Gasteiger charge is -2.11. The minimum Gasteiger partial charge on any atom is -0.359 e. The van der Waals surface area contributed by atoms with Crippen molar-refractivity contribution in [1.29, 1.82) is 0 Å². The summed E-state index contributed by atoms with van der Waals surface area (Å²) in [5, 5.41) is 13.5. The van der Waals surface area contributed by atoms with E-state index in [9.17, 15) is 9.59 Å². The molecule has 0 saturated heterocycles. The van der Waals surface area contributed by atoms with E-state index in [1.54, 1.807) is 77.7 Å². The van der Waals surface area contributed by atoms with Gasteiger partial charge in [0.25, 0.3) is 11.8 Å². The molecule has 2 N–H and O–H groups in total. The molecule has 8 nitrogen and oxygen atoms in total. The first kappa shape index (κ1) is 18.2. The van der Waals surface area contributed by atoms with E-state index in [0.29, 0.717) is 29.2 Å². The van der Waals surface area contributed by atoms with Gasteiger partial charge in [-0.1, -0.05) is 35.5 Å². The predicted molar refractivity (Wildman–Crippen MR) is 107 cm³/mol. The average Bonchev–Trinajstić information content (AvgIpc) is 3.43. The summed E-state index contributed by atoms with van der Waals surface area (Å²) >= 11 is 0. The first-order chi connectivity index (χ1) is 14.2. The van der Waals surface area contributed by atoms with Gasteiger partial charge in [0.1, 0.15) is 6.54 Å². The molecule has 0 aliphatic heterocycles. The van der Waals surface area contributed by atoms with Crippen LogP contribution in [0.2, 0.25) is 0 Å². The van der Waals surface area contributed by atoms with Crippen LogP contribution in [0.15, 0.2) is 83.6 Å². The van der Waals surface area contributed by atoms with Gasteiger partial charge in [-0.3, -0.25) is 14.3 Å². The third-order valence-electron chi connectivity index (χ3n) is 4.13. The van der Waals surface area contributed by atoms with Crippen LogP contribution in [0.25, 0.3) is 0 Å². The lowest BCUT2D eigenvalue weighted by atomic mass is 10.2. The Morgan fingerprint density at radius 1 is 0.897 bits per heavy atom. The second-order valence-electron chi connectivity index (χ2n) is 6.20. The summed E-state index contributed by atoms with van der Waals surface area (Å²) in [6, 6.07) is 19.1. The number of nitrogens with zero attached hydrogens (tertiary/aromatic N) is 3. The number of amides is 2. The lowest BCUT2D eigenvalue weighted by molar-refractivity contribution is 0.101. The largest absolute Gasteiger partial charge is 0.359 e. The molecular weight excluding hydrogens is 370 g/mol. The van der Waals surface area contributed by atoms with Crippen molar-refractivity contribution < 1.29 is 14.1 Å². The Labute approximate surface area is 166 Å². The van der Waals surface area contributed by atoms with Crippen molar-refractivity contribution in [3.8, 4) is 0 Å². The zero-order valence-electron chi connectivity index (χ0n) is 15.3. The first-order valence-corrected chi connectivity index (χ1v) is 8.89. The molecule has 2 aromatic heterocycles. The number of anilines is 2. The summed E-state index contributed by atoms with van der Waals surface area (Å²) in [6.07, 6.45) is 3.44. The highest BCUT2D eigenvalue weighted by atomic mass is 16.5. The molecule has 0 atom stereocenters. The van der Waals surface area contributed by atoms with Crippen LogP contribution in [0.4, 0.5) is 11.4 Å². The number of hydrogen-bond acceptors (Lipinski definition) is 5. The summed E-state index contributed by atoms with van der Waals surface area (Å²) in [5.74, 6) is -0.207. The maximum atomic E-state index is 12.6. The predicted octanol–water partition coefficient (Wildman–Crippen LogP) is 3.42. The number of para-hydroxylation sites is 2. The second kappa shape index (κ2) is 8.22. The summed E-state index contributed by atoms with van der Waals surface area (Å²) in [7, 11) is 0. The fourth-order valence-corrected chi connectivity index (χ4v) is 2.72. The van der Waals surface area contributed by atoms with Crippen molar-refractivity contribution in [3.05, 3.63) is 96.1 Å². The molecule has 4 aromatic rings. The van der Waals surface area contributed by atoms with Gasteiger partial charge in [-0.05, 0) is 30.3 Å².